The number of morpholine rings is 1. The predicted molar refractivity (Wildman–Crippen MR) is 118 cm³/mol. The minimum Gasteiger partial charge on any atom is -0.378 e. The molecule has 6 nitrogen and oxygen atoms in total. The van der Waals surface area contributed by atoms with E-state index in [4.69, 9.17) is 9.72 Å². The van der Waals surface area contributed by atoms with Crippen LogP contribution in [-0.4, -0.2) is 41.8 Å². The van der Waals surface area contributed by atoms with Gasteiger partial charge in [-0.2, -0.15) is 0 Å². The molecular formula is C24H26N4O2. The Hall–Kier alpha value is -3.12. The van der Waals surface area contributed by atoms with Gasteiger partial charge in [0.25, 0.3) is 5.91 Å². The fraction of sp³-hybridized carbons (Fsp3) is 0.333. The van der Waals surface area contributed by atoms with Crippen molar-refractivity contribution in [2.45, 2.75) is 25.8 Å². The third-order valence-electron chi connectivity index (χ3n) is 5.87. The normalized spacial score (nSPS) is 16.2. The first kappa shape index (κ1) is 18.9. The number of carbonyl (C=O) groups is 1. The van der Waals surface area contributed by atoms with Crippen molar-refractivity contribution in [3.63, 3.8) is 0 Å². The minimum atomic E-state index is -0.111. The molecule has 6 heteroatoms. The Balaban J connectivity index is 1.34. The van der Waals surface area contributed by atoms with Gasteiger partial charge in [-0.3, -0.25) is 4.79 Å². The summed E-state index contributed by atoms with van der Waals surface area (Å²) in [6.07, 6.45) is 5.51. The van der Waals surface area contributed by atoms with Crippen LogP contribution in [0.3, 0.4) is 0 Å². The Kier molecular flexibility index (Phi) is 5.24. The van der Waals surface area contributed by atoms with Gasteiger partial charge in [0.2, 0.25) is 0 Å². The first-order valence-corrected chi connectivity index (χ1v) is 10.7. The maximum Gasteiger partial charge on any atom is 0.255 e. The molecule has 1 saturated heterocycles. The number of amides is 1. The molecule has 30 heavy (non-hydrogen) atoms. The van der Waals surface area contributed by atoms with Crippen molar-refractivity contribution in [3.05, 3.63) is 66.1 Å². The summed E-state index contributed by atoms with van der Waals surface area (Å²) in [5.41, 5.74) is 4.43. The summed E-state index contributed by atoms with van der Waals surface area (Å²) < 4.78 is 7.65. The molecule has 0 spiro atoms. The number of nitrogens with zero attached hydrogens (tertiary/aromatic N) is 3. The van der Waals surface area contributed by atoms with Gasteiger partial charge in [0.15, 0.2) is 0 Å². The number of nitrogens with one attached hydrogen (secondary N) is 1. The van der Waals surface area contributed by atoms with Gasteiger partial charge < -0.3 is 19.5 Å². The average Bonchev–Trinajstić information content (AvgIpc) is 3.24. The Morgan fingerprint density at radius 2 is 1.77 bits per heavy atom. The lowest BCUT2D eigenvalue weighted by atomic mass is 10.1. The molecule has 1 aromatic heterocycles. The molecule has 0 radical (unpaired) electrons. The van der Waals surface area contributed by atoms with Gasteiger partial charge in [-0.05, 0) is 43.2 Å². The number of rotatable bonds is 4. The third-order valence-corrected chi connectivity index (χ3v) is 5.87. The molecular weight excluding hydrogens is 376 g/mol. The molecule has 3 aromatic rings. The molecule has 5 rings (SSSR count). The van der Waals surface area contributed by atoms with Crippen LogP contribution in [0.15, 0.2) is 54.7 Å². The van der Waals surface area contributed by atoms with E-state index in [0.717, 1.165) is 67.7 Å². The molecule has 2 aromatic carbocycles. The first-order chi connectivity index (χ1) is 14.8. The monoisotopic (exact) mass is 402 g/mol. The van der Waals surface area contributed by atoms with Crippen LogP contribution in [0.4, 0.5) is 11.4 Å². The highest BCUT2D eigenvalue weighted by atomic mass is 16.5. The summed E-state index contributed by atoms with van der Waals surface area (Å²) >= 11 is 0. The van der Waals surface area contributed by atoms with Crippen LogP contribution in [0.1, 0.15) is 29.0 Å². The molecule has 154 valence electrons. The van der Waals surface area contributed by atoms with Gasteiger partial charge in [0.1, 0.15) is 5.82 Å². The topological polar surface area (TPSA) is 59.4 Å². The smallest absolute Gasteiger partial charge is 0.255 e. The molecule has 3 heterocycles. The summed E-state index contributed by atoms with van der Waals surface area (Å²) in [4.78, 5) is 20.0. The highest BCUT2D eigenvalue weighted by Crippen LogP contribution is 2.29. The zero-order valence-corrected chi connectivity index (χ0v) is 17.0. The number of anilines is 2. The molecule has 2 aliphatic rings. The molecule has 0 unspecified atom stereocenters. The largest absolute Gasteiger partial charge is 0.378 e. The molecule has 0 saturated carbocycles. The fourth-order valence-electron chi connectivity index (χ4n) is 4.20. The van der Waals surface area contributed by atoms with Gasteiger partial charge in [-0.25, -0.2) is 4.98 Å². The van der Waals surface area contributed by atoms with E-state index in [-0.39, 0.29) is 5.91 Å². The van der Waals surface area contributed by atoms with Crippen molar-refractivity contribution in [2.24, 2.45) is 0 Å². The summed E-state index contributed by atoms with van der Waals surface area (Å²) in [5.74, 6) is 1.02. The number of ether oxygens (including phenoxy) is 1. The van der Waals surface area contributed by atoms with E-state index in [1.807, 2.05) is 48.5 Å². The van der Waals surface area contributed by atoms with Crippen molar-refractivity contribution in [1.82, 2.24) is 9.55 Å². The quantitative estimate of drug-likeness (QED) is 0.717. The second-order valence-corrected chi connectivity index (χ2v) is 7.84. The lowest BCUT2D eigenvalue weighted by molar-refractivity contribution is 0.102. The van der Waals surface area contributed by atoms with Crippen LogP contribution in [0, 0.1) is 0 Å². The van der Waals surface area contributed by atoms with Crippen molar-refractivity contribution in [2.75, 3.05) is 36.5 Å². The van der Waals surface area contributed by atoms with Crippen molar-refractivity contribution >= 4 is 17.3 Å². The SMILES string of the molecule is O=C(Nc1ccccc1-c1cn2c(n1)CCCC2)c1ccc(N2CCOCC2)cc1. The Bertz CT molecular complexity index is 1010. The zero-order chi connectivity index (χ0) is 20.3. The van der Waals surface area contributed by atoms with E-state index >= 15 is 0 Å². The first-order valence-electron chi connectivity index (χ1n) is 10.7. The molecule has 1 N–H and O–H groups in total. The number of aryl methyl sites for hydroxylation is 2. The number of carbonyl (C=O) groups excluding carboxylic acids is 1. The molecule has 0 aliphatic carbocycles. The molecule has 0 atom stereocenters. The van der Waals surface area contributed by atoms with E-state index < -0.39 is 0 Å². The standard InChI is InChI=1S/C24H26N4O2/c29-24(18-8-10-19(11-9-18)27-13-15-30-16-14-27)26-21-6-2-1-5-20(21)22-17-28-12-4-3-7-23(28)25-22/h1-2,5-6,8-11,17H,3-4,7,12-16H2,(H,26,29). The van der Waals surface area contributed by atoms with Crippen molar-refractivity contribution < 1.29 is 9.53 Å². The van der Waals surface area contributed by atoms with Crippen LogP contribution in [-0.2, 0) is 17.7 Å². The summed E-state index contributed by atoms with van der Waals surface area (Å²) in [5, 5.41) is 3.08. The van der Waals surface area contributed by atoms with Crippen LogP contribution < -0.4 is 10.2 Å². The number of fused-ring (bicyclic) bond motifs is 1. The van der Waals surface area contributed by atoms with Crippen LogP contribution in [0.25, 0.3) is 11.3 Å². The van der Waals surface area contributed by atoms with Crippen LogP contribution in [0.5, 0.6) is 0 Å². The summed E-state index contributed by atoms with van der Waals surface area (Å²) in [6.45, 7) is 4.28. The Labute approximate surface area is 176 Å². The van der Waals surface area contributed by atoms with E-state index in [1.54, 1.807) is 0 Å². The van der Waals surface area contributed by atoms with E-state index in [0.29, 0.717) is 5.56 Å². The van der Waals surface area contributed by atoms with E-state index in [9.17, 15) is 4.79 Å². The predicted octanol–water partition coefficient (Wildman–Crippen LogP) is 3.98. The van der Waals surface area contributed by atoms with Crippen molar-refractivity contribution in [3.8, 4) is 11.3 Å². The van der Waals surface area contributed by atoms with E-state index in [1.165, 1.54) is 12.8 Å². The maximum atomic E-state index is 12.9. The zero-order valence-electron chi connectivity index (χ0n) is 17.0. The maximum absolute atomic E-state index is 12.9. The van der Waals surface area contributed by atoms with Gasteiger partial charge in [0.05, 0.1) is 24.6 Å². The lowest BCUT2D eigenvalue weighted by Gasteiger charge is -2.28. The van der Waals surface area contributed by atoms with Gasteiger partial charge in [-0.15, -0.1) is 0 Å². The second kappa shape index (κ2) is 8.32. The van der Waals surface area contributed by atoms with Crippen LogP contribution >= 0.6 is 0 Å². The average molecular weight is 402 g/mol. The molecule has 1 fully saturated rings. The molecule has 1 amide bonds. The van der Waals surface area contributed by atoms with Gasteiger partial charge in [-0.1, -0.05) is 18.2 Å². The summed E-state index contributed by atoms with van der Waals surface area (Å²) in [7, 11) is 0. The van der Waals surface area contributed by atoms with Gasteiger partial charge >= 0.3 is 0 Å². The van der Waals surface area contributed by atoms with Crippen molar-refractivity contribution in [1.29, 1.82) is 0 Å². The molecule has 2 aliphatic heterocycles. The highest BCUT2D eigenvalue weighted by Gasteiger charge is 2.17. The lowest BCUT2D eigenvalue weighted by Crippen LogP contribution is -2.36. The Morgan fingerprint density at radius 1 is 0.967 bits per heavy atom. The fourth-order valence-corrected chi connectivity index (χ4v) is 4.20. The number of hydrogen-bond donors (Lipinski definition) is 1. The number of aromatic nitrogens is 2. The number of para-hydroxylation sites is 1. The number of imidazole rings is 1. The Morgan fingerprint density at radius 3 is 2.57 bits per heavy atom. The highest BCUT2D eigenvalue weighted by molar-refractivity contribution is 6.06. The van der Waals surface area contributed by atoms with E-state index in [2.05, 4.69) is 21.0 Å². The number of hydrogen-bond acceptors (Lipinski definition) is 4. The minimum absolute atomic E-state index is 0.111. The molecule has 0 bridgehead atoms. The van der Waals surface area contributed by atoms with Gasteiger partial charge in [0, 0.05) is 49.1 Å². The third kappa shape index (κ3) is 3.83. The number of benzene rings is 2. The summed E-state index contributed by atoms with van der Waals surface area (Å²) in [6, 6.07) is 15.7. The second-order valence-electron chi connectivity index (χ2n) is 7.84. The van der Waals surface area contributed by atoms with Crippen LogP contribution in [0.2, 0.25) is 0 Å².